The molecule has 0 spiro atoms. The maximum absolute atomic E-state index is 12.2. The second kappa shape index (κ2) is 6.64. The number of rotatable bonds is 4. The Morgan fingerprint density at radius 1 is 1.42 bits per heavy atom. The molecule has 1 saturated heterocycles. The molecule has 0 amide bonds. The van der Waals surface area contributed by atoms with Crippen molar-refractivity contribution in [2.24, 2.45) is 0 Å². The number of sulfonamides is 1. The average molecular weight is 414 g/mol. The van der Waals surface area contributed by atoms with Gasteiger partial charge in [-0.2, -0.15) is 0 Å². The van der Waals surface area contributed by atoms with Crippen molar-refractivity contribution in [3.05, 3.63) is 27.1 Å². The topological polar surface area (TPSA) is 67.4 Å². The van der Waals surface area contributed by atoms with Crippen molar-refractivity contribution >= 4 is 41.9 Å². The third kappa shape index (κ3) is 4.24. The molecule has 1 aliphatic heterocycles. The van der Waals surface area contributed by atoms with Gasteiger partial charge in [0.25, 0.3) is 0 Å². The van der Waals surface area contributed by atoms with Crippen LogP contribution < -0.4 is 10.0 Å². The van der Waals surface area contributed by atoms with Crippen LogP contribution in [0.15, 0.2) is 32.0 Å². The van der Waals surface area contributed by atoms with E-state index >= 15 is 0 Å². The van der Waals surface area contributed by atoms with Crippen LogP contribution in [0.5, 0.6) is 0 Å². The predicted octanol–water partition coefficient (Wildman–Crippen LogP) is 1.48. The summed E-state index contributed by atoms with van der Waals surface area (Å²) < 4.78 is 33.7. The lowest BCUT2D eigenvalue weighted by Gasteiger charge is -2.23. The Labute approximate surface area is 129 Å². The normalized spacial score (nSPS) is 20.4. The molecule has 0 aliphatic carbocycles. The Morgan fingerprint density at radius 2 is 2.21 bits per heavy atom. The van der Waals surface area contributed by atoms with E-state index in [-0.39, 0.29) is 17.5 Å². The molecule has 0 bridgehead atoms. The Kier molecular flexibility index (Phi) is 5.38. The molecule has 1 fully saturated rings. The fourth-order valence-corrected chi connectivity index (χ4v) is 4.53. The number of benzene rings is 1. The van der Waals surface area contributed by atoms with Gasteiger partial charge in [0, 0.05) is 28.6 Å². The quantitative estimate of drug-likeness (QED) is 0.784. The van der Waals surface area contributed by atoms with E-state index in [1.807, 2.05) is 0 Å². The maximum atomic E-state index is 12.2. The highest BCUT2D eigenvalue weighted by molar-refractivity contribution is 9.11. The molecule has 1 heterocycles. The lowest BCUT2D eigenvalue weighted by Crippen LogP contribution is -2.45. The highest BCUT2D eigenvalue weighted by Gasteiger charge is 2.21. The van der Waals surface area contributed by atoms with Crippen molar-refractivity contribution in [2.45, 2.75) is 11.0 Å². The van der Waals surface area contributed by atoms with Gasteiger partial charge in [0.05, 0.1) is 17.6 Å². The van der Waals surface area contributed by atoms with Crippen LogP contribution in [0.3, 0.4) is 0 Å². The summed E-state index contributed by atoms with van der Waals surface area (Å²) in [5.74, 6) is 0. The van der Waals surface area contributed by atoms with Gasteiger partial charge in [-0.05, 0) is 34.1 Å². The number of nitrogens with one attached hydrogen (secondary N) is 2. The fourth-order valence-electron chi connectivity index (χ4n) is 1.72. The van der Waals surface area contributed by atoms with Crippen molar-refractivity contribution < 1.29 is 13.2 Å². The molecular weight excluding hydrogens is 400 g/mol. The summed E-state index contributed by atoms with van der Waals surface area (Å²) in [6, 6.07) is 4.95. The van der Waals surface area contributed by atoms with Crippen LogP contribution in [0.4, 0.5) is 0 Å². The maximum Gasteiger partial charge on any atom is 0.241 e. The molecule has 1 aromatic carbocycles. The number of hydrogen-bond donors (Lipinski definition) is 2. The van der Waals surface area contributed by atoms with E-state index in [0.717, 1.165) is 11.0 Å². The minimum Gasteiger partial charge on any atom is -0.374 e. The molecule has 1 aromatic rings. The van der Waals surface area contributed by atoms with Gasteiger partial charge < -0.3 is 10.1 Å². The summed E-state index contributed by atoms with van der Waals surface area (Å²) in [5.41, 5.74) is 0. The molecular formula is C11H14Br2N2O3S. The zero-order chi connectivity index (χ0) is 13.9. The third-order valence-corrected chi connectivity index (χ3v) is 5.58. The lowest BCUT2D eigenvalue weighted by atomic mass is 10.3. The molecule has 106 valence electrons. The summed E-state index contributed by atoms with van der Waals surface area (Å²) in [4.78, 5) is 0.222. The molecule has 2 rings (SSSR count). The first-order valence-corrected chi connectivity index (χ1v) is 8.83. The SMILES string of the molecule is O=S(=O)(NCC1CNCCO1)c1ccc(Br)cc1Br. The summed E-state index contributed by atoms with van der Waals surface area (Å²) in [6.07, 6.45) is -0.127. The zero-order valence-corrected chi connectivity index (χ0v) is 14.0. The van der Waals surface area contributed by atoms with Crippen LogP contribution in [-0.4, -0.2) is 40.8 Å². The molecule has 2 N–H and O–H groups in total. The predicted molar refractivity (Wildman–Crippen MR) is 79.6 cm³/mol. The van der Waals surface area contributed by atoms with Crippen molar-refractivity contribution in [1.82, 2.24) is 10.0 Å². The Hall–Kier alpha value is 0.01000. The van der Waals surface area contributed by atoms with Gasteiger partial charge in [-0.1, -0.05) is 15.9 Å². The molecule has 1 aliphatic rings. The van der Waals surface area contributed by atoms with Gasteiger partial charge in [0.1, 0.15) is 0 Å². The van der Waals surface area contributed by atoms with Gasteiger partial charge in [-0.25, -0.2) is 13.1 Å². The number of hydrogen-bond acceptors (Lipinski definition) is 4. The van der Waals surface area contributed by atoms with Crippen LogP contribution in [0, 0.1) is 0 Å². The second-order valence-electron chi connectivity index (χ2n) is 4.12. The first kappa shape index (κ1) is 15.4. The van der Waals surface area contributed by atoms with Gasteiger partial charge in [0.2, 0.25) is 10.0 Å². The molecule has 8 heteroatoms. The van der Waals surface area contributed by atoms with Crippen LogP contribution in [0.2, 0.25) is 0 Å². The first-order chi connectivity index (χ1) is 8.99. The first-order valence-electron chi connectivity index (χ1n) is 5.76. The molecule has 0 saturated carbocycles. The van der Waals surface area contributed by atoms with Gasteiger partial charge in [0.15, 0.2) is 0 Å². The smallest absolute Gasteiger partial charge is 0.241 e. The number of ether oxygens (including phenoxy) is 1. The van der Waals surface area contributed by atoms with Crippen LogP contribution in [0.1, 0.15) is 0 Å². The summed E-state index contributed by atoms with van der Waals surface area (Å²) >= 11 is 6.55. The van der Waals surface area contributed by atoms with Crippen molar-refractivity contribution in [3.8, 4) is 0 Å². The zero-order valence-electron chi connectivity index (χ0n) is 10.0. The Morgan fingerprint density at radius 3 is 2.84 bits per heavy atom. The van der Waals surface area contributed by atoms with E-state index in [4.69, 9.17) is 4.74 Å². The van der Waals surface area contributed by atoms with Crippen molar-refractivity contribution in [3.63, 3.8) is 0 Å². The second-order valence-corrected chi connectivity index (χ2v) is 7.63. The minimum atomic E-state index is -3.53. The van der Waals surface area contributed by atoms with Gasteiger partial charge in [-0.3, -0.25) is 0 Å². The molecule has 1 unspecified atom stereocenters. The van der Waals surface area contributed by atoms with E-state index in [2.05, 4.69) is 41.9 Å². The largest absolute Gasteiger partial charge is 0.374 e. The highest BCUT2D eigenvalue weighted by Crippen LogP contribution is 2.25. The van der Waals surface area contributed by atoms with Crippen LogP contribution in [-0.2, 0) is 14.8 Å². The van der Waals surface area contributed by atoms with E-state index in [9.17, 15) is 8.42 Å². The highest BCUT2D eigenvalue weighted by atomic mass is 79.9. The summed E-state index contributed by atoms with van der Waals surface area (Å²) in [6.45, 7) is 2.33. The molecule has 0 aromatic heterocycles. The number of morpholine rings is 1. The standard InChI is InChI=1S/C11H14Br2N2O3S/c12-8-1-2-11(10(13)5-8)19(16,17)15-7-9-6-14-3-4-18-9/h1-2,5,9,14-15H,3-4,6-7H2. The van der Waals surface area contributed by atoms with Crippen molar-refractivity contribution in [2.75, 3.05) is 26.2 Å². The molecule has 1 atom stereocenters. The van der Waals surface area contributed by atoms with Crippen LogP contribution >= 0.6 is 31.9 Å². The third-order valence-electron chi connectivity index (χ3n) is 2.69. The van der Waals surface area contributed by atoms with E-state index in [0.29, 0.717) is 17.6 Å². The van der Waals surface area contributed by atoms with Crippen molar-refractivity contribution in [1.29, 1.82) is 0 Å². The van der Waals surface area contributed by atoms with E-state index < -0.39 is 10.0 Å². The molecule has 19 heavy (non-hydrogen) atoms. The number of halogens is 2. The summed E-state index contributed by atoms with van der Waals surface area (Å²) in [5, 5.41) is 3.15. The van der Waals surface area contributed by atoms with Gasteiger partial charge >= 0.3 is 0 Å². The van der Waals surface area contributed by atoms with Crippen LogP contribution in [0.25, 0.3) is 0 Å². The minimum absolute atomic E-state index is 0.127. The summed E-state index contributed by atoms with van der Waals surface area (Å²) in [7, 11) is -3.53. The Bertz CT molecular complexity index is 545. The molecule has 5 nitrogen and oxygen atoms in total. The molecule has 0 radical (unpaired) electrons. The monoisotopic (exact) mass is 412 g/mol. The average Bonchev–Trinajstić information content (AvgIpc) is 2.37. The van der Waals surface area contributed by atoms with E-state index in [1.54, 1.807) is 18.2 Å². The Balaban J connectivity index is 2.05. The van der Waals surface area contributed by atoms with Gasteiger partial charge in [-0.15, -0.1) is 0 Å². The lowest BCUT2D eigenvalue weighted by molar-refractivity contribution is 0.0324. The van der Waals surface area contributed by atoms with E-state index in [1.165, 1.54) is 0 Å². The fraction of sp³-hybridized carbons (Fsp3) is 0.455.